The molecule has 0 bridgehead atoms. The molecule has 1 fully saturated rings. The molecule has 0 spiro atoms. The van der Waals surface area contributed by atoms with Gasteiger partial charge in [-0.1, -0.05) is 24.9 Å². The van der Waals surface area contributed by atoms with Gasteiger partial charge in [-0.2, -0.15) is 0 Å². The SMILES string of the molecule is CSc1ccc(NC(=O)N[C@@H]2CCC[C@@]2(C)CO)cc1Cl. The van der Waals surface area contributed by atoms with Crippen LogP contribution in [-0.4, -0.2) is 30.0 Å². The molecule has 1 aromatic rings. The molecule has 1 saturated carbocycles. The number of thioether (sulfide) groups is 1. The van der Waals surface area contributed by atoms with Crippen molar-refractivity contribution in [1.29, 1.82) is 0 Å². The maximum absolute atomic E-state index is 12.1. The van der Waals surface area contributed by atoms with Crippen molar-refractivity contribution in [2.24, 2.45) is 5.41 Å². The van der Waals surface area contributed by atoms with E-state index in [1.54, 1.807) is 17.8 Å². The van der Waals surface area contributed by atoms with E-state index in [9.17, 15) is 9.90 Å². The molecular formula is C15H21ClN2O2S. The first-order valence-electron chi connectivity index (χ1n) is 7.00. The summed E-state index contributed by atoms with van der Waals surface area (Å²) in [6.07, 6.45) is 4.81. The van der Waals surface area contributed by atoms with Crippen molar-refractivity contribution in [3.05, 3.63) is 23.2 Å². The molecule has 1 aromatic carbocycles. The number of carbonyl (C=O) groups excluding carboxylic acids is 1. The maximum Gasteiger partial charge on any atom is 0.319 e. The number of rotatable bonds is 4. The van der Waals surface area contributed by atoms with E-state index in [4.69, 9.17) is 11.6 Å². The van der Waals surface area contributed by atoms with Gasteiger partial charge in [0.05, 0.1) is 11.6 Å². The van der Waals surface area contributed by atoms with E-state index in [1.807, 2.05) is 25.3 Å². The van der Waals surface area contributed by atoms with Crippen molar-refractivity contribution < 1.29 is 9.90 Å². The van der Waals surface area contributed by atoms with Gasteiger partial charge in [0, 0.05) is 22.0 Å². The third kappa shape index (κ3) is 3.84. The first-order valence-corrected chi connectivity index (χ1v) is 8.61. The van der Waals surface area contributed by atoms with Crippen molar-refractivity contribution >= 4 is 35.1 Å². The molecule has 0 radical (unpaired) electrons. The van der Waals surface area contributed by atoms with Gasteiger partial charge in [-0.25, -0.2) is 4.79 Å². The lowest BCUT2D eigenvalue weighted by molar-refractivity contribution is 0.122. The highest BCUT2D eigenvalue weighted by Gasteiger charge is 2.39. The number of nitrogens with one attached hydrogen (secondary N) is 2. The number of halogens is 1. The van der Waals surface area contributed by atoms with Crippen LogP contribution in [0.2, 0.25) is 5.02 Å². The predicted octanol–water partition coefficient (Wildman–Crippen LogP) is 3.73. The number of carbonyl (C=O) groups is 1. The summed E-state index contributed by atoms with van der Waals surface area (Å²) < 4.78 is 0. The lowest BCUT2D eigenvalue weighted by Gasteiger charge is -2.30. The molecule has 0 aromatic heterocycles. The fourth-order valence-corrected chi connectivity index (χ4v) is 3.61. The number of anilines is 1. The van der Waals surface area contributed by atoms with Gasteiger partial charge in [-0.3, -0.25) is 0 Å². The Balaban J connectivity index is 1.97. The molecule has 2 amide bonds. The Hall–Kier alpha value is -0.910. The Morgan fingerprint density at radius 3 is 2.95 bits per heavy atom. The van der Waals surface area contributed by atoms with Gasteiger partial charge in [0.2, 0.25) is 0 Å². The normalized spacial score (nSPS) is 24.9. The van der Waals surface area contributed by atoms with Crippen molar-refractivity contribution in [2.75, 3.05) is 18.2 Å². The lowest BCUT2D eigenvalue weighted by atomic mass is 9.86. The van der Waals surface area contributed by atoms with E-state index in [0.29, 0.717) is 10.7 Å². The molecule has 1 aliphatic carbocycles. The van der Waals surface area contributed by atoms with Crippen LogP contribution >= 0.6 is 23.4 Å². The van der Waals surface area contributed by atoms with Crippen LogP contribution in [0.3, 0.4) is 0 Å². The summed E-state index contributed by atoms with van der Waals surface area (Å²) in [5.74, 6) is 0. The summed E-state index contributed by atoms with van der Waals surface area (Å²) in [4.78, 5) is 13.1. The van der Waals surface area contributed by atoms with Gasteiger partial charge in [-0.05, 0) is 37.3 Å². The molecular weight excluding hydrogens is 308 g/mol. The number of aliphatic hydroxyl groups is 1. The first kappa shape index (κ1) is 16.5. The summed E-state index contributed by atoms with van der Waals surface area (Å²) >= 11 is 7.69. The number of benzene rings is 1. The standard InChI is InChI=1S/C15H21ClN2O2S/c1-15(9-19)7-3-4-13(15)18-14(20)17-10-5-6-12(21-2)11(16)8-10/h5-6,8,13,19H,3-4,7,9H2,1-2H3,(H2,17,18,20)/t13-,15+/m1/s1. The van der Waals surface area contributed by atoms with Crippen LogP contribution in [0.15, 0.2) is 23.1 Å². The second kappa shape index (κ2) is 6.90. The average Bonchev–Trinajstić information content (AvgIpc) is 2.81. The van der Waals surface area contributed by atoms with E-state index in [2.05, 4.69) is 10.6 Å². The summed E-state index contributed by atoms with van der Waals surface area (Å²) in [6, 6.07) is 5.21. The van der Waals surface area contributed by atoms with E-state index in [1.165, 1.54) is 0 Å². The number of amides is 2. The zero-order valence-corrected chi connectivity index (χ0v) is 13.9. The van der Waals surface area contributed by atoms with Crippen molar-refractivity contribution in [3.8, 4) is 0 Å². The maximum atomic E-state index is 12.1. The van der Waals surface area contributed by atoms with Crippen LogP contribution in [0.1, 0.15) is 26.2 Å². The van der Waals surface area contributed by atoms with Crippen LogP contribution in [0.5, 0.6) is 0 Å². The quantitative estimate of drug-likeness (QED) is 0.738. The number of hydrogen-bond donors (Lipinski definition) is 3. The van der Waals surface area contributed by atoms with Gasteiger partial charge in [-0.15, -0.1) is 11.8 Å². The van der Waals surface area contributed by atoms with Crippen molar-refractivity contribution in [1.82, 2.24) is 5.32 Å². The third-order valence-electron chi connectivity index (χ3n) is 4.16. The van der Waals surface area contributed by atoms with Crippen LogP contribution in [0.4, 0.5) is 10.5 Å². The van der Waals surface area contributed by atoms with E-state index < -0.39 is 0 Å². The van der Waals surface area contributed by atoms with Crippen LogP contribution < -0.4 is 10.6 Å². The average molecular weight is 329 g/mol. The van der Waals surface area contributed by atoms with Crippen LogP contribution in [0.25, 0.3) is 0 Å². The Morgan fingerprint density at radius 1 is 1.57 bits per heavy atom. The minimum absolute atomic E-state index is 0.00319. The van der Waals surface area contributed by atoms with Gasteiger partial charge in [0.1, 0.15) is 0 Å². The number of urea groups is 1. The molecule has 2 rings (SSSR count). The van der Waals surface area contributed by atoms with E-state index in [0.717, 1.165) is 24.2 Å². The lowest BCUT2D eigenvalue weighted by Crippen LogP contribution is -2.46. The van der Waals surface area contributed by atoms with Gasteiger partial charge in [0.15, 0.2) is 0 Å². The summed E-state index contributed by atoms with van der Waals surface area (Å²) in [5, 5.41) is 15.9. The molecule has 3 N–H and O–H groups in total. The third-order valence-corrected chi connectivity index (χ3v) is 5.38. The van der Waals surface area contributed by atoms with E-state index in [-0.39, 0.29) is 24.1 Å². The molecule has 1 aliphatic rings. The minimum atomic E-state index is -0.255. The highest BCUT2D eigenvalue weighted by Crippen LogP contribution is 2.37. The van der Waals surface area contributed by atoms with Crippen LogP contribution in [0, 0.1) is 5.41 Å². The molecule has 0 aliphatic heterocycles. The summed E-state index contributed by atoms with van der Waals surface area (Å²) in [5.41, 5.74) is 0.441. The fraction of sp³-hybridized carbons (Fsp3) is 0.533. The highest BCUT2D eigenvalue weighted by atomic mass is 35.5. The summed E-state index contributed by atoms with van der Waals surface area (Å²) in [7, 11) is 0. The molecule has 21 heavy (non-hydrogen) atoms. The molecule has 116 valence electrons. The molecule has 6 heteroatoms. The second-order valence-electron chi connectivity index (χ2n) is 5.70. The fourth-order valence-electron chi connectivity index (χ4n) is 2.74. The molecule has 0 heterocycles. The van der Waals surface area contributed by atoms with E-state index >= 15 is 0 Å². The van der Waals surface area contributed by atoms with Gasteiger partial charge >= 0.3 is 6.03 Å². The molecule has 0 unspecified atom stereocenters. The molecule has 4 nitrogen and oxygen atoms in total. The predicted molar refractivity (Wildman–Crippen MR) is 88.2 cm³/mol. The Bertz CT molecular complexity index is 526. The van der Waals surface area contributed by atoms with Crippen molar-refractivity contribution in [2.45, 2.75) is 37.1 Å². The largest absolute Gasteiger partial charge is 0.396 e. The molecule has 0 saturated heterocycles. The Kier molecular flexibility index (Phi) is 5.41. The minimum Gasteiger partial charge on any atom is -0.396 e. The van der Waals surface area contributed by atoms with Crippen molar-refractivity contribution in [3.63, 3.8) is 0 Å². The van der Waals surface area contributed by atoms with Gasteiger partial charge < -0.3 is 15.7 Å². The number of aliphatic hydroxyl groups excluding tert-OH is 1. The van der Waals surface area contributed by atoms with Crippen LogP contribution in [-0.2, 0) is 0 Å². The Morgan fingerprint density at radius 2 is 2.33 bits per heavy atom. The topological polar surface area (TPSA) is 61.4 Å². The smallest absolute Gasteiger partial charge is 0.319 e. The van der Waals surface area contributed by atoms with Gasteiger partial charge in [0.25, 0.3) is 0 Å². The Labute approximate surface area is 134 Å². The zero-order valence-electron chi connectivity index (χ0n) is 12.3. The monoisotopic (exact) mass is 328 g/mol. The first-order chi connectivity index (χ1) is 9.98. The summed E-state index contributed by atoms with van der Waals surface area (Å²) in [6.45, 7) is 2.10. The second-order valence-corrected chi connectivity index (χ2v) is 6.96. The number of hydrogen-bond acceptors (Lipinski definition) is 3. The zero-order chi connectivity index (χ0) is 15.5. The molecule has 2 atom stereocenters. The highest BCUT2D eigenvalue weighted by molar-refractivity contribution is 7.98.